The molecule has 3 atom stereocenters. The summed E-state index contributed by atoms with van der Waals surface area (Å²) in [6.45, 7) is 6.35. The third-order valence-electron chi connectivity index (χ3n) is 5.85. The van der Waals surface area contributed by atoms with E-state index >= 15 is 0 Å². The summed E-state index contributed by atoms with van der Waals surface area (Å²) in [4.78, 5) is 26.0. The van der Waals surface area contributed by atoms with E-state index < -0.39 is 5.60 Å². The molecule has 1 saturated carbocycles. The maximum absolute atomic E-state index is 13.1. The van der Waals surface area contributed by atoms with E-state index in [1.807, 2.05) is 6.07 Å². The second kappa shape index (κ2) is 4.80. The summed E-state index contributed by atoms with van der Waals surface area (Å²) >= 11 is 0. The lowest BCUT2D eigenvalue weighted by atomic mass is 9.62. The first kappa shape index (κ1) is 14.7. The normalized spacial score (nSPS) is 31.9. The van der Waals surface area contributed by atoms with Crippen molar-refractivity contribution in [3.63, 3.8) is 0 Å². The second-order valence-corrected chi connectivity index (χ2v) is 7.78. The van der Waals surface area contributed by atoms with Gasteiger partial charge in [0, 0.05) is 22.6 Å². The summed E-state index contributed by atoms with van der Waals surface area (Å²) in [5.74, 6) is 1.21. The average molecular weight is 310 g/mol. The van der Waals surface area contributed by atoms with Gasteiger partial charge in [0.15, 0.2) is 11.5 Å². The maximum Gasteiger partial charge on any atom is 0.228 e. The number of allylic oxidation sites excluding steroid dienone is 2. The van der Waals surface area contributed by atoms with Gasteiger partial charge < -0.3 is 4.74 Å². The molecule has 1 heterocycles. The molecule has 23 heavy (non-hydrogen) atoms. The number of benzene rings is 1. The van der Waals surface area contributed by atoms with Crippen LogP contribution in [0.3, 0.4) is 0 Å². The first-order valence-corrected chi connectivity index (χ1v) is 8.51. The van der Waals surface area contributed by atoms with Crippen molar-refractivity contribution < 1.29 is 14.3 Å². The van der Waals surface area contributed by atoms with Gasteiger partial charge >= 0.3 is 0 Å². The number of ketones is 2. The van der Waals surface area contributed by atoms with Crippen LogP contribution in [0.5, 0.6) is 0 Å². The van der Waals surface area contributed by atoms with E-state index in [9.17, 15) is 9.59 Å². The molecule has 0 radical (unpaired) electrons. The molecule has 2 aliphatic carbocycles. The molecule has 1 aliphatic heterocycles. The van der Waals surface area contributed by atoms with Crippen LogP contribution in [-0.2, 0) is 4.74 Å². The molecule has 3 heteroatoms. The van der Waals surface area contributed by atoms with Gasteiger partial charge in [-0.3, -0.25) is 9.59 Å². The number of fused-ring (bicyclic) bond motifs is 3. The minimum absolute atomic E-state index is 0.00481. The number of hydrogen-bond donors (Lipinski definition) is 0. The van der Waals surface area contributed by atoms with E-state index in [1.54, 1.807) is 18.2 Å². The van der Waals surface area contributed by atoms with Gasteiger partial charge in [-0.1, -0.05) is 37.6 Å². The minimum atomic E-state index is -0.397. The molecule has 1 unspecified atom stereocenters. The van der Waals surface area contributed by atoms with E-state index in [1.165, 1.54) is 0 Å². The molecule has 1 fully saturated rings. The van der Waals surface area contributed by atoms with Crippen molar-refractivity contribution in [2.45, 2.75) is 45.6 Å². The first-order chi connectivity index (χ1) is 10.9. The fourth-order valence-corrected chi connectivity index (χ4v) is 4.68. The molecule has 3 nitrogen and oxygen atoms in total. The highest BCUT2D eigenvalue weighted by atomic mass is 16.5. The molecule has 1 aromatic carbocycles. The summed E-state index contributed by atoms with van der Waals surface area (Å²) in [5.41, 5.74) is 1.27. The van der Waals surface area contributed by atoms with Crippen molar-refractivity contribution in [1.29, 1.82) is 0 Å². The lowest BCUT2D eigenvalue weighted by Crippen LogP contribution is -2.49. The zero-order valence-electron chi connectivity index (χ0n) is 13.9. The Morgan fingerprint density at radius 3 is 2.39 bits per heavy atom. The number of hydrogen-bond acceptors (Lipinski definition) is 3. The van der Waals surface area contributed by atoms with Crippen molar-refractivity contribution in [3.05, 3.63) is 46.7 Å². The molecule has 0 saturated heterocycles. The highest BCUT2D eigenvalue weighted by molar-refractivity contribution is 6.26. The summed E-state index contributed by atoms with van der Waals surface area (Å²) in [5, 5.41) is 0. The van der Waals surface area contributed by atoms with E-state index in [2.05, 4.69) is 20.8 Å². The molecule has 0 amide bonds. The van der Waals surface area contributed by atoms with Crippen LogP contribution < -0.4 is 0 Å². The Kier molecular flexibility index (Phi) is 3.06. The van der Waals surface area contributed by atoms with Gasteiger partial charge in [0.1, 0.15) is 5.60 Å². The molecule has 0 bridgehead atoms. The van der Waals surface area contributed by atoms with Crippen LogP contribution in [0.25, 0.3) is 0 Å². The largest absolute Gasteiger partial charge is 0.483 e. The number of Topliss-reactive ketones (excluding diaryl/α,β-unsaturated/α-hetero) is 2. The quantitative estimate of drug-likeness (QED) is 0.722. The average Bonchev–Trinajstić information content (AvgIpc) is 2.51. The SMILES string of the molecule is CC1CC[C@H]2[C@H](C1)C1=C(OC2(C)C)C(=O)c2ccccc2C1=O. The Bertz CT molecular complexity index is 741. The molecular weight excluding hydrogens is 288 g/mol. The fraction of sp³-hybridized carbons (Fsp3) is 0.500. The van der Waals surface area contributed by atoms with E-state index in [4.69, 9.17) is 4.74 Å². The predicted octanol–water partition coefficient (Wildman–Crippen LogP) is 4.18. The van der Waals surface area contributed by atoms with Gasteiger partial charge in [-0.2, -0.15) is 0 Å². The van der Waals surface area contributed by atoms with Crippen LogP contribution in [0.15, 0.2) is 35.6 Å². The Balaban J connectivity index is 1.90. The Morgan fingerprint density at radius 2 is 1.70 bits per heavy atom. The van der Waals surface area contributed by atoms with Crippen molar-refractivity contribution in [1.82, 2.24) is 0 Å². The van der Waals surface area contributed by atoms with Crippen molar-refractivity contribution in [3.8, 4) is 0 Å². The summed E-state index contributed by atoms with van der Waals surface area (Å²) in [7, 11) is 0. The standard InChI is InChI=1S/C20H22O3/c1-11-8-9-15-14(10-11)16-17(21)12-6-4-5-7-13(12)18(22)19(16)23-20(15,2)3/h4-7,11,14-15H,8-10H2,1-3H3/t11?,14-,15-/m0/s1. The smallest absolute Gasteiger partial charge is 0.228 e. The molecule has 3 aliphatic rings. The zero-order chi connectivity index (χ0) is 16.4. The molecule has 4 rings (SSSR count). The third kappa shape index (κ3) is 2.02. The van der Waals surface area contributed by atoms with Crippen LogP contribution in [-0.4, -0.2) is 17.2 Å². The highest BCUT2D eigenvalue weighted by Crippen LogP contribution is 2.51. The molecule has 0 spiro atoms. The molecule has 0 N–H and O–H groups in total. The van der Waals surface area contributed by atoms with Gasteiger partial charge in [-0.25, -0.2) is 0 Å². The Morgan fingerprint density at radius 1 is 1.04 bits per heavy atom. The molecule has 0 aromatic heterocycles. The van der Waals surface area contributed by atoms with Crippen molar-refractivity contribution >= 4 is 11.6 Å². The van der Waals surface area contributed by atoms with Crippen molar-refractivity contribution in [2.75, 3.05) is 0 Å². The van der Waals surface area contributed by atoms with Crippen LogP contribution in [0, 0.1) is 17.8 Å². The molecule has 120 valence electrons. The molecule has 1 aromatic rings. The van der Waals surface area contributed by atoms with E-state index in [-0.39, 0.29) is 17.5 Å². The predicted molar refractivity (Wildman–Crippen MR) is 87.3 cm³/mol. The van der Waals surface area contributed by atoms with Crippen LogP contribution >= 0.6 is 0 Å². The van der Waals surface area contributed by atoms with E-state index in [0.29, 0.717) is 34.3 Å². The van der Waals surface area contributed by atoms with Gasteiger partial charge in [-0.15, -0.1) is 0 Å². The highest BCUT2D eigenvalue weighted by Gasteiger charge is 2.51. The maximum atomic E-state index is 13.1. The van der Waals surface area contributed by atoms with Crippen LogP contribution in [0.4, 0.5) is 0 Å². The van der Waals surface area contributed by atoms with Gasteiger partial charge in [0.05, 0.1) is 0 Å². The van der Waals surface area contributed by atoms with Gasteiger partial charge in [-0.05, 0) is 38.5 Å². The number of carbonyl (C=O) groups excluding carboxylic acids is 2. The third-order valence-corrected chi connectivity index (χ3v) is 5.85. The number of ether oxygens (including phenoxy) is 1. The van der Waals surface area contributed by atoms with Gasteiger partial charge in [0.25, 0.3) is 0 Å². The van der Waals surface area contributed by atoms with Crippen LogP contribution in [0.2, 0.25) is 0 Å². The molecular formula is C20H22O3. The first-order valence-electron chi connectivity index (χ1n) is 8.51. The lowest BCUT2D eigenvalue weighted by molar-refractivity contribution is -0.0694. The second-order valence-electron chi connectivity index (χ2n) is 7.78. The zero-order valence-corrected chi connectivity index (χ0v) is 13.9. The Labute approximate surface area is 136 Å². The number of rotatable bonds is 0. The Hall–Kier alpha value is -1.90. The summed E-state index contributed by atoms with van der Waals surface area (Å²) < 4.78 is 6.13. The summed E-state index contributed by atoms with van der Waals surface area (Å²) in [6.07, 6.45) is 3.19. The fourth-order valence-electron chi connectivity index (χ4n) is 4.68. The lowest BCUT2D eigenvalue weighted by Gasteiger charge is -2.49. The topological polar surface area (TPSA) is 43.4 Å². The number of carbonyl (C=O) groups is 2. The van der Waals surface area contributed by atoms with Gasteiger partial charge in [0.2, 0.25) is 5.78 Å². The minimum Gasteiger partial charge on any atom is -0.483 e. The van der Waals surface area contributed by atoms with E-state index in [0.717, 1.165) is 19.3 Å². The monoisotopic (exact) mass is 310 g/mol. The van der Waals surface area contributed by atoms with Crippen LogP contribution in [0.1, 0.15) is 60.7 Å². The summed E-state index contributed by atoms with van der Waals surface area (Å²) in [6, 6.07) is 7.12. The van der Waals surface area contributed by atoms with Crippen molar-refractivity contribution in [2.24, 2.45) is 17.8 Å².